The van der Waals surface area contributed by atoms with Crippen LogP contribution in [0.3, 0.4) is 0 Å². The first kappa shape index (κ1) is 16.2. The zero-order chi connectivity index (χ0) is 15.0. The summed E-state index contributed by atoms with van der Waals surface area (Å²) in [5.41, 5.74) is -0.0149. The van der Waals surface area contributed by atoms with Crippen LogP contribution >= 0.6 is 0 Å². The molecule has 1 rings (SSSR count). The zero-order valence-corrected chi connectivity index (χ0v) is 12.3. The normalized spacial score (nSPS) is 14.0. The first-order valence-corrected chi connectivity index (χ1v) is 6.88. The Labute approximate surface area is 120 Å². The van der Waals surface area contributed by atoms with Crippen molar-refractivity contribution in [3.63, 3.8) is 0 Å². The first-order valence-electron chi connectivity index (χ1n) is 6.88. The van der Waals surface area contributed by atoms with Gasteiger partial charge in [0.05, 0.1) is 12.2 Å². The van der Waals surface area contributed by atoms with Crippen LogP contribution in [0, 0.1) is 0 Å². The van der Waals surface area contributed by atoms with E-state index in [1.54, 1.807) is 13.0 Å². The highest BCUT2D eigenvalue weighted by molar-refractivity contribution is 5.92. The van der Waals surface area contributed by atoms with Gasteiger partial charge < -0.3 is 15.2 Å². The van der Waals surface area contributed by atoms with Crippen molar-refractivity contribution in [2.24, 2.45) is 0 Å². The van der Waals surface area contributed by atoms with Gasteiger partial charge in [-0.05, 0) is 32.4 Å². The van der Waals surface area contributed by atoms with Crippen LogP contribution in [0.5, 0.6) is 5.75 Å². The van der Waals surface area contributed by atoms with Crippen molar-refractivity contribution < 1.29 is 14.6 Å². The lowest BCUT2D eigenvalue weighted by atomic mass is 10.0. The molecule has 1 atom stereocenters. The molecule has 110 valence electrons. The van der Waals surface area contributed by atoms with E-state index in [1.807, 2.05) is 38.1 Å². The molecule has 0 aliphatic heterocycles. The number of carbonyl (C=O) groups is 1. The summed E-state index contributed by atoms with van der Waals surface area (Å²) in [5, 5.41) is 12.5. The van der Waals surface area contributed by atoms with E-state index in [9.17, 15) is 9.90 Å². The number of hydrogen-bond acceptors (Lipinski definition) is 3. The van der Waals surface area contributed by atoms with Crippen LogP contribution in [0.25, 0.3) is 6.08 Å². The molecule has 0 radical (unpaired) electrons. The van der Waals surface area contributed by atoms with Gasteiger partial charge in [0, 0.05) is 18.2 Å². The van der Waals surface area contributed by atoms with Gasteiger partial charge in [-0.15, -0.1) is 0 Å². The Morgan fingerprint density at radius 2 is 2.10 bits per heavy atom. The molecule has 0 aliphatic rings. The summed E-state index contributed by atoms with van der Waals surface area (Å²) in [7, 11) is 0. The minimum absolute atomic E-state index is 0.231. The van der Waals surface area contributed by atoms with Crippen LogP contribution in [0.1, 0.15) is 32.8 Å². The third kappa shape index (κ3) is 5.45. The quantitative estimate of drug-likeness (QED) is 0.752. The van der Waals surface area contributed by atoms with Gasteiger partial charge >= 0.3 is 0 Å². The predicted molar refractivity (Wildman–Crippen MR) is 80.6 cm³/mol. The maximum absolute atomic E-state index is 11.7. The van der Waals surface area contributed by atoms with Crippen LogP contribution in [0.15, 0.2) is 30.3 Å². The molecule has 1 aromatic rings. The summed E-state index contributed by atoms with van der Waals surface area (Å²) in [5.74, 6) is 0.518. The van der Waals surface area contributed by atoms with Crippen molar-refractivity contribution in [3.05, 3.63) is 35.9 Å². The van der Waals surface area contributed by atoms with Crippen LogP contribution < -0.4 is 10.1 Å². The van der Waals surface area contributed by atoms with Crippen LogP contribution in [0.4, 0.5) is 0 Å². The van der Waals surface area contributed by atoms with E-state index in [0.29, 0.717) is 13.0 Å². The zero-order valence-electron chi connectivity index (χ0n) is 12.3. The number of aliphatic hydroxyl groups is 1. The van der Waals surface area contributed by atoms with Crippen LogP contribution in [-0.4, -0.2) is 29.8 Å². The Kier molecular flexibility index (Phi) is 6.25. The van der Waals surface area contributed by atoms with E-state index < -0.39 is 5.60 Å². The van der Waals surface area contributed by atoms with E-state index in [-0.39, 0.29) is 12.5 Å². The fourth-order valence-corrected chi connectivity index (χ4v) is 1.53. The summed E-state index contributed by atoms with van der Waals surface area (Å²) in [6.07, 6.45) is 3.74. The average molecular weight is 277 g/mol. The number of hydrogen-bond donors (Lipinski definition) is 2. The fraction of sp³-hybridized carbons (Fsp3) is 0.438. The molecule has 1 aromatic carbocycles. The molecule has 20 heavy (non-hydrogen) atoms. The monoisotopic (exact) mass is 277 g/mol. The summed E-state index contributed by atoms with van der Waals surface area (Å²) in [6.45, 7) is 6.30. The predicted octanol–water partition coefficient (Wildman–Crippen LogP) is 2.38. The van der Waals surface area contributed by atoms with Crippen LogP contribution in [-0.2, 0) is 4.79 Å². The molecular formula is C16H23NO3. The third-order valence-corrected chi connectivity index (χ3v) is 3.04. The molecule has 0 bridgehead atoms. The Balaban J connectivity index is 2.61. The lowest BCUT2D eigenvalue weighted by Gasteiger charge is -2.20. The van der Waals surface area contributed by atoms with E-state index >= 15 is 0 Å². The molecule has 1 unspecified atom stereocenters. The Morgan fingerprint density at radius 3 is 2.75 bits per heavy atom. The Hall–Kier alpha value is -1.81. The van der Waals surface area contributed by atoms with Crippen molar-refractivity contribution in [1.82, 2.24) is 5.32 Å². The molecule has 2 N–H and O–H groups in total. The van der Waals surface area contributed by atoms with Crippen molar-refractivity contribution in [3.8, 4) is 5.75 Å². The SMILES string of the molecule is CCOc1ccccc1C=CC(=O)NCC(C)(O)CC. The minimum atomic E-state index is -0.868. The van der Waals surface area contributed by atoms with E-state index in [2.05, 4.69) is 5.32 Å². The molecule has 4 heteroatoms. The van der Waals surface area contributed by atoms with Gasteiger partial charge in [0.15, 0.2) is 0 Å². The van der Waals surface area contributed by atoms with Gasteiger partial charge in [0.1, 0.15) is 5.75 Å². The highest BCUT2D eigenvalue weighted by atomic mass is 16.5. The molecular weight excluding hydrogens is 254 g/mol. The van der Waals surface area contributed by atoms with Crippen molar-refractivity contribution in [1.29, 1.82) is 0 Å². The van der Waals surface area contributed by atoms with Gasteiger partial charge in [-0.25, -0.2) is 0 Å². The molecule has 0 spiro atoms. The van der Waals surface area contributed by atoms with Gasteiger partial charge in [-0.2, -0.15) is 0 Å². The molecule has 0 aromatic heterocycles. The highest BCUT2D eigenvalue weighted by Gasteiger charge is 2.17. The smallest absolute Gasteiger partial charge is 0.244 e. The standard InChI is InChI=1S/C16H23NO3/c1-4-16(3,19)12-17-15(18)11-10-13-8-6-7-9-14(13)20-5-2/h6-11,19H,4-5,12H2,1-3H3,(H,17,18). The Bertz CT molecular complexity index is 467. The number of rotatable bonds is 7. The first-order chi connectivity index (χ1) is 9.48. The largest absolute Gasteiger partial charge is 0.493 e. The number of benzene rings is 1. The maximum atomic E-state index is 11.7. The van der Waals surface area contributed by atoms with E-state index in [4.69, 9.17) is 4.74 Å². The second kappa shape index (κ2) is 7.70. The molecule has 0 saturated carbocycles. The van der Waals surface area contributed by atoms with Crippen molar-refractivity contribution >= 4 is 12.0 Å². The van der Waals surface area contributed by atoms with Crippen molar-refractivity contribution in [2.75, 3.05) is 13.2 Å². The Morgan fingerprint density at radius 1 is 1.40 bits per heavy atom. The lowest BCUT2D eigenvalue weighted by Crippen LogP contribution is -2.39. The highest BCUT2D eigenvalue weighted by Crippen LogP contribution is 2.19. The van der Waals surface area contributed by atoms with Gasteiger partial charge in [-0.1, -0.05) is 25.1 Å². The lowest BCUT2D eigenvalue weighted by molar-refractivity contribution is -0.117. The number of nitrogens with one attached hydrogen (secondary N) is 1. The molecule has 0 saturated heterocycles. The second-order valence-electron chi connectivity index (χ2n) is 4.87. The summed E-state index contributed by atoms with van der Waals surface area (Å²) in [4.78, 5) is 11.7. The molecule has 4 nitrogen and oxygen atoms in total. The van der Waals surface area contributed by atoms with Gasteiger partial charge in [0.2, 0.25) is 5.91 Å². The van der Waals surface area contributed by atoms with Gasteiger partial charge in [-0.3, -0.25) is 4.79 Å². The van der Waals surface area contributed by atoms with Crippen LogP contribution in [0.2, 0.25) is 0 Å². The summed E-state index contributed by atoms with van der Waals surface area (Å²) >= 11 is 0. The average Bonchev–Trinajstić information content (AvgIpc) is 2.44. The molecule has 0 aliphatic carbocycles. The molecule has 1 amide bonds. The molecule has 0 heterocycles. The summed E-state index contributed by atoms with van der Waals surface area (Å²) in [6, 6.07) is 7.53. The number of amides is 1. The minimum Gasteiger partial charge on any atom is -0.493 e. The fourth-order valence-electron chi connectivity index (χ4n) is 1.53. The number of carbonyl (C=O) groups excluding carboxylic acids is 1. The number of ether oxygens (including phenoxy) is 1. The second-order valence-corrected chi connectivity index (χ2v) is 4.87. The topological polar surface area (TPSA) is 58.6 Å². The van der Waals surface area contributed by atoms with E-state index in [0.717, 1.165) is 11.3 Å². The van der Waals surface area contributed by atoms with Crippen molar-refractivity contribution in [2.45, 2.75) is 32.8 Å². The number of para-hydroxylation sites is 1. The van der Waals surface area contributed by atoms with Gasteiger partial charge in [0.25, 0.3) is 0 Å². The maximum Gasteiger partial charge on any atom is 0.244 e. The summed E-state index contributed by atoms with van der Waals surface area (Å²) < 4.78 is 5.48. The third-order valence-electron chi connectivity index (χ3n) is 3.04. The van der Waals surface area contributed by atoms with E-state index in [1.165, 1.54) is 6.08 Å². The molecule has 0 fully saturated rings.